The van der Waals surface area contributed by atoms with Crippen molar-refractivity contribution >= 4 is 46.0 Å². The van der Waals surface area contributed by atoms with E-state index in [-0.39, 0.29) is 39.0 Å². The van der Waals surface area contributed by atoms with Crippen LogP contribution in [0.5, 0.6) is 0 Å². The zero-order valence-electron chi connectivity index (χ0n) is 26.7. The molecule has 1 aromatic carbocycles. The number of carbonyl (C=O) groups excluding carboxylic acids is 5. The molecule has 5 aliphatic rings. The van der Waals surface area contributed by atoms with E-state index in [0.717, 1.165) is 21.6 Å². The van der Waals surface area contributed by atoms with Crippen molar-refractivity contribution < 1.29 is 55.0 Å². The summed E-state index contributed by atoms with van der Waals surface area (Å²) in [5.41, 5.74) is 0.784. The van der Waals surface area contributed by atoms with Gasteiger partial charge in [-0.05, 0) is 42.4 Å². The number of hydrogen-bond acceptors (Lipinski definition) is 9. The van der Waals surface area contributed by atoms with Crippen molar-refractivity contribution in [2.75, 3.05) is 13.2 Å². The molecule has 5 atom stereocenters. The molecule has 3 heterocycles. The first-order valence-electron chi connectivity index (χ1n) is 16.1. The second-order valence-corrected chi connectivity index (χ2v) is 15.1. The van der Waals surface area contributed by atoms with Crippen LogP contribution in [0.25, 0.3) is 6.08 Å². The molecule has 0 unspecified atom stereocenters. The Balaban J connectivity index is 1.28. The lowest BCUT2D eigenvalue weighted by atomic mass is 10.0. The summed E-state index contributed by atoms with van der Waals surface area (Å²) in [4.78, 5) is 69.1. The van der Waals surface area contributed by atoms with E-state index >= 15 is 0 Å². The maximum absolute atomic E-state index is 13.9. The Bertz CT molecular complexity index is 1750. The highest BCUT2D eigenvalue weighted by Crippen LogP contribution is 2.45. The first-order valence-corrected chi connectivity index (χ1v) is 17.7. The number of alkyl carbamates (subject to hydrolysis) is 1. The van der Waals surface area contributed by atoms with E-state index in [9.17, 15) is 45.6 Å². The summed E-state index contributed by atoms with van der Waals surface area (Å²) in [6, 6.07) is 1.72. The predicted molar refractivity (Wildman–Crippen MR) is 168 cm³/mol. The van der Waals surface area contributed by atoms with Crippen LogP contribution >= 0.6 is 0 Å². The number of alkyl halides is 3. The lowest BCUT2D eigenvalue weighted by Crippen LogP contribution is -2.58. The molecular formula is C32H36F3N5O9S. The van der Waals surface area contributed by atoms with Crippen molar-refractivity contribution in [1.82, 2.24) is 25.2 Å². The van der Waals surface area contributed by atoms with Gasteiger partial charge in [0, 0.05) is 18.9 Å². The van der Waals surface area contributed by atoms with Crippen LogP contribution in [0.4, 0.5) is 22.8 Å². The van der Waals surface area contributed by atoms with Gasteiger partial charge in [-0.3, -0.25) is 24.0 Å². The number of carbonyl (C=O) groups is 5. The third-order valence-electron chi connectivity index (χ3n) is 9.48. The molecule has 2 aliphatic carbocycles. The van der Waals surface area contributed by atoms with Crippen LogP contribution in [0.2, 0.25) is 0 Å². The lowest BCUT2D eigenvalue weighted by molar-refractivity contribution is -0.155. The molecule has 3 N–H and O–H groups in total. The molecule has 0 radical (unpaired) electrons. The van der Waals surface area contributed by atoms with Crippen molar-refractivity contribution in [3.63, 3.8) is 0 Å². The van der Waals surface area contributed by atoms with Gasteiger partial charge in [0.1, 0.15) is 23.7 Å². The summed E-state index contributed by atoms with van der Waals surface area (Å²) in [7, 11) is -4.01. The number of cyclic esters (lactones) is 1. The minimum Gasteiger partial charge on any atom is -0.449 e. The maximum Gasteiger partial charge on any atom is 0.410 e. The Labute approximate surface area is 285 Å². The van der Waals surface area contributed by atoms with Gasteiger partial charge in [0.15, 0.2) is 0 Å². The third kappa shape index (κ3) is 7.44. The number of rotatable bonds is 7. The minimum absolute atomic E-state index is 0.0240. The normalized spacial score (nSPS) is 29.1. The standard InChI is InChI=1S/C32H36F3N5O9S/c1-2-20-13-31(20,28(43)38-50(46,47)22-9-10-22)37-26(41)25-12-21-16-40(25)27(42)24(14-32(33,34)35)36-29(44)48-11-4-3-6-18-7-5-8-19-15-39(17-23(18)19)30(45)49-21/h2-3,5-8,20-22,24-25H,1,4,9-17H2,(H,36,44)(H,37,41)(H,38,43)/b6-3+/t20-,21-,24+,25+,31-/m1/s1. The molecular weight excluding hydrogens is 687 g/mol. The van der Waals surface area contributed by atoms with Crippen LogP contribution in [0.3, 0.4) is 0 Å². The summed E-state index contributed by atoms with van der Waals surface area (Å²) in [5.74, 6) is -4.00. The van der Waals surface area contributed by atoms with Crippen LogP contribution < -0.4 is 15.4 Å². The van der Waals surface area contributed by atoms with Gasteiger partial charge in [-0.2, -0.15) is 13.2 Å². The summed E-state index contributed by atoms with van der Waals surface area (Å²) >= 11 is 0. The van der Waals surface area contributed by atoms with Crippen molar-refractivity contribution in [1.29, 1.82) is 0 Å². The second-order valence-electron chi connectivity index (χ2n) is 13.1. The van der Waals surface area contributed by atoms with Gasteiger partial charge in [0.2, 0.25) is 21.8 Å². The van der Waals surface area contributed by atoms with Crippen molar-refractivity contribution in [2.45, 2.75) is 86.8 Å². The summed E-state index contributed by atoms with van der Waals surface area (Å²) in [6.07, 6.45) is -4.60. The molecule has 4 bridgehead atoms. The molecule has 5 amide bonds. The van der Waals surface area contributed by atoms with Gasteiger partial charge in [-0.25, -0.2) is 18.0 Å². The monoisotopic (exact) mass is 723 g/mol. The predicted octanol–water partition coefficient (Wildman–Crippen LogP) is 2.24. The first-order chi connectivity index (χ1) is 23.6. The van der Waals surface area contributed by atoms with Crippen LogP contribution in [0.1, 0.15) is 55.2 Å². The average Bonchev–Trinajstić information content (AvgIpc) is 3.93. The van der Waals surface area contributed by atoms with Gasteiger partial charge in [-0.15, -0.1) is 6.58 Å². The van der Waals surface area contributed by atoms with Crippen LogP contribution in [0, 0.1) is 5.92 Å². The van der Waals surface area contributed by atoms with Crippen LogP contribution in [0.15, 0.2) is 36.9 Å². The molecule has 270 valence electrons. The van der Waals surface area contributed by atoms with E-state index in [1.807, 2.05) is 28.2 Å². The Morgan fingerprint density at radius 2 is 1.92 bits per heavy atom. The average molecular weight is 724 g/mol. The van der Waals surface area contributed by atoms with Gasteiger partial charge in [0.05, 0.1) is 31.4 Å². The molecule has 14 nitrogen and oxygen atoms in total. The van der Waals surface area contributed by atoms with Crippen LogP contribution in [-0.4, -0.2) is 96.4 Å². The zero-order valence-corrected chi connectivity index (χ0v) is 27.6. The Kier molecular flexibility index (Phi) is 9.34. The Morgan fingerprint density at radius 3 is 2.60 bits per heavy atom. The summed E-state index contributed by atoms with van der Waals surface area (Å²) in [5, 5.41) is 3.73. The largest absolute Gasteiger partial charge is 0.449 e. The summed E-state index contributed by atoms with van der Waals surface area (Å²) in [6.45, 7) is 3.29. The lowest BCUT2D eigenvalue weighted by Gasteiger charge is -2.30. The molecule has 0 aromatic heterocycles. The number of benzene rings is 1. The van der Waals surface area contributed by atoms with E-state index < -0.39 is 94.0 Å². The van der Waals surface area contributed by atoms with E-state index in [1.165, 1.54) is 11.0 Å². The molecule has 1 saturated heterocycles. The number of ether oxygens (including phenoxy) is 2. The molecule has 3 fully saturated rings. The number of hydrogen-bond donors (Lipinski definition) is 3. The van der Waals surface area contributed by atoms with E-state index in [1.54, 1.807) is 12.2 Å². The van der Waals surface area contributed by atoms with E-state index in [4.69, 9.17) is 9.47 Å². The van der Waals surface area contributed by atoms with Gasteiger partial charge < -0.3 is 25.0 Å². The quantitative estimate of drug-likeness (QED) is 0.356. The Morgan fingerprint density at radius 1 is 1.16 bits per heavy atom. The SMILES string of the molecule is C=C[C@@H]1C[C@]1(NC(=O)[C@@H]1C[C@@H]2CN1C(=O)[C@H](CC(F)(F)F)NC(=O)OCC/C=C/c1cccc3c1CN(C3)C(=O)O2)C(=O)NS(=O)(=O)C1CC1. The van der Waals surface area contributed by atoms with E-state index in [0.29, 0.717) is 12.8 Å². The second kappa shape index (κ2) is 13.3. The molecule has 18 heteroatoms. The topological polar surface area (TPSA) is 181 Å². The fourth-order valence-corrected chi connectivity index (χ4v) is 7.95. The highest BCUT2D eigenvalue weighted by molar-refractivity contribution is 7.91. The van der Waals surface area contributed by atoms with Crippen LogP contribution in [-0.2, 0) is 47.0 Å². The smallest absolute Gasteiger partial charge is 0.410 e. The van der Waals surface area contributed by atoms with Gasteiger partial charge >= 0.3 is 18.4 Å². The van der Waals surface area contributed by atoms with E-state index in [2.05, 4.69) is 11.9 Å². The molecule has 0 spiro atoms. The number of sulfonamides is 1. The van der Waals surface area contributed by atoms with Crippen molar-refractivity contribution in [2.24, 2.45) is 5.92 Å². The van der Waals surface area contributed by atoms with Crippen molar-refractivity contribution in [3.8, 4) is 0 Å². The minimum atomic E-state index is -4.93. The maximum atomic E-state index is 13.9. The highest BCUT2D eigenvalue weighted by Gasteiger charge is 2.62. The number of halogens is 3. The zero-order chi connectivity index (χ0) is 36.0. The molecule has 1 aromatic rings. The number of nitrogens with one attached hydrogen (secondary N) is 3. The fourth-order valence-electron chi connectivity index (χ4n) is 6.59. The molecule has 6 rings (SSSR count). The van der Waals surface area contributed by atoms with Crippen molar-refractivity contribution in [3.05, 3.63) is 53.6 Å². The van der Waals surface area contributed by atoms with Gasteiger partial charge in [-0.1, -0.05) is 36.4 Å². The molecule has 2 saturated carbocycles. The third-order valence-corrected chi connectivity index (χ3v) is 11.3. The molecule has 3 aliphatic heterocycles. The Hall–Kier alpha value is -4.61. The fraction of sp³-hybridized carbons (Fsp3) is 0.531. The summed E-state index contributed by atoms with van der Waals surface area (Å²) < 4.78 is 78.9. The highest BCUT2D eigenvalue weighted by atomic mass is 32.2. The number of amides is 5. The first kappa shape index (κ1) is 35.2. The molecule has 50 heavy (non-hydrogen) atoms. The number of fused-ring (bicyclic) bond motifs is 3. The van der Waals surface area contributed by atoms with Gasteiger partial charge in [0.25, 0.3) is 5.91 Å². The number of nitrogens with zero attached hydrogens (tertiary/aromatic N) is 2.